The monoisotopic (exact) mass is 123 g/mol. The zero-order valence-corrected chi connectivity index (χ0v) is 5.63. The Labute approximate surface area is 54.7 Å². The average molecular weight is 123 g/mol. The molecule has 3 nitrogen and oxygen atoms in total. The third-order valence-corrected chi connectivity index (χ3v) is 1.10. The molecule has 0 aromatic heterocycles. The molecule has 3 heteroatoms. The number of rotatable bonds is 1. The maximum atomic E-state index is 3.91. The van der Waals surface area contributed by atoms with Crippen molar-refractivity contribution >= 4 is 0 Å². The fraction of sp³-hybridized carbons (Fsp3) is 0.667. The Hall–Kier alpha value is -1.04. The first-order valence-corrected chi connectivity index (χ1v) is 2.98. The van der Waals surface area contributed by atoms with Crippen molar-refractivity contribution in [1.29, 1.82) is 0 Å². The van der Waals surface area contributed by atoms with Crippen molar-refractivity contribution in [3.05, 3.63) is 0 Å². The Balaban J connectivity index is 2.56. The summed E-state index contributed by atoms with van der Waals surface area (Å²) in [5.74, 6) is 2.93. The number of hydrogen-bond donors (Lipinski definition) is 0. The number of nitrogens with zero attached hydrogens (tertiary/aromatic N) is 3. The van der Waals surface area contributed by atoms with Crippen LogP contribution in [0.25, 0.3) is 0 Å². The van der Waals surface area contributed by atoms with Crippen molar-refractivity contribution in [2.75, 3.05) is 7.05 Å². The zero-order valence-electron chi connectivity index (χ0n) is 5.63. The van der Waals surface area contributed by atoms with Gasteiger partial charge in [-0.1, -0.05) is 12.1 Å². The Bertz CT molecular complexity index is 174. The topological polar surface area (TPSA) is 28.0 Å². The fourth-order valence-electron chi connectivity index (χ4n) is 0.543. The molecule has 9 heavy (non-hydrogen) atoms. The van der Waals surface area contributed by atoms with Crippen molar-refractivity contribution in [1.82, 2.24) is 5.01 Å². The van der Waals surface area contributed by atoms with Gasteiger partial charge in [0, 0.05) is 13.1 Å². The predicted octanol–water partition coefficient (Wildman–Crippen LogP) is 1.04. The van der Waals surface area contributed by atoms with Crippen LogP contribution in [-0.4, -0.2) is 18.1 Å². The van der Waals surface area contributed by atoms with E-state index in [9.17, 15) is 0 Å². The minimum absolute atomic E-state index is 0.126. The molecule has 1 heterocycles. The highest BCUT2D eigenvalue weighted by Gasteiger charge is 2.01. The quantitative estimate of drug-likeness (QED) is 0.479. The maximum absolute atomic E-state index is 3.91. The van der Waals surface area contributed by atoms with Crippen LogP contribution in [0.1, 0.15) is 13.3 Å². The molecule has 0 bridgehead atoms. The summed E-state index contributed by atoms with van der Waals surface area (Å²) in [7, 11) is 1.78. The summed E-state index contributed by atoms with van der Waals surface area (Å²) in [5.41, 5.74) is 0. The van der Waals surface area contributed by atoms with E-state index in [2.05, 4.69) is 22.3 Å². The van der Waals surface area contributed by atoms with Gasteiger partial charge in [0.1, 0.15) is 6.04 Å². The molecule has 1 aliphatic rings. The van der Waals surface area contributed by atoms with Crippen molar-refractivity contribution in [3.8, 4) is 12.0 Å². The van der Waals surface area contributed by atoms with Gasteiger partial charge in [-0.15, -0.1) is 0 Å². The molecular weight excluding hydrogens is 114 g/mol. The van der Waals surface area contributed by atoms with Gasteiger partial charge >= 0.3 is 0 Å². The lowest BCUT2D eigenvalue weighted by Gasteiger charge is -2.07. The molecule has 1 rings (SSSR count). The van der Waals surface area contributed by atoms with Crippen molar-refractivity contribution in [2.45, 2.75) is 19.4 Å². The lowest BCUT2D eigenvalue weighted by Crippen LogP contribution is -2.10. The third kappa shape index (κ3) is 1.43. The van der Waals surface area contributed by atoms with Gasteiger partial charge in [-0.25, -0.2) is 5.01 Å². The van der Waals surface area contributed by atoms with Crippen LogP contribution in [0.2, 0.25) is 0 Å². The molecule has 1 unspecified atom stereocenters. The highest BCUT2D eigenvalue weighted by atomic mass is 15.5. The highest BCUT2D eigenvalue weighted by Crippen LogP contribution is 2.01. The van der Waals surface area contributed by atoms with E-state index in [-0.39, 0.29) is 6.04 Å². The van der Waals surface area contributed by atoms with Gasteiger partial charge in [-0.3, -0.25) is 0 Å². The molecule has 1 aliphatic heterocycles. The van der Waals surface area contributed by atoms with E-state index in [1.165, 1.54) is 5.01 Å². The minimum Gasteiger partial charge on any atom is -0.207 e. The van der Waals surface area contributed by atoms with Crippen LogP contribution in [0.5, 0.6) is 0 Å². The first-order valence-electron chi connectivity index (χ1n) is 2.98. The van der Waals surface area contributed by atoms with Crippen LogP contribution >= 0.6 is 0 Å². The van der Waals surface area contributed by atoms with Crippen LogP contribution in [0.15, 0.2) is 10.3 Å². The Morgan fingerprint density at radius 3 is 2.89 bits per heavy atom. The van der Waals surface area contributed by atoms with Crippen molar-refractivity contribution in [2.24, 2.45) is 10.3 Å². The second kappa shape index (κ2) is 2.49. The summed E-state index contributed by atoms with van der Waals surface area (Å²) in [6, 6.07) is 2.93. The average Bonchev–Trinajstić information content (AvgIpc) is 1.90. The van der Waals surface area contributed by atoms with Crippen LogP contribution in [-0.2, 0) is 0 Å². The van der Waals surface area contributed by atoms with Gasteiger partial charge < -0.3 is 0 Å². The van der Waals surface area contributed by atoms with E-state index in [1.54, 1.807) is 7.05 Å². The predicted molar refractivity (Wildman–Crippen MR) is 34.5 cm³/mol. The fourth-order valence-corrected chi connectivity index (χ4v) is 0.543. The zero-order chi connectivity index (χ0) is 6.69. The molecule has 0 aromatic carbocycles. The largest absolute Gasteiger partial charge is 0.207 e. The Morgan fingerprint density at radius 1 is 1.67 bits per heavy atom. The van der Waals surface area contributed by atoms with Gasteiger partial charge in [0.25, 0.3) is 0 Å². The van der Waals surface area contributed by atoms with Gasteiger partial charge in [-0.2, -0.15) is 5.11 Å². The standard InChI is InChI=1S/C6H9N3/c1-3-6-4-5-9(2)8-7-6/h6H,3H2,1-2H3. The molecule has 1 atom stereocenters. The molecule has 0 fully saturated rings. The first kappa shape index (κ1) is 6.09. The van der Waals surface area contributed by atoms with Gasteiger partial charge in [0.05, 0.1) is 0 Å². The SMILES string of the molecule is CCC1C#CN(C)N=N1. The summed E-state index contributed by atoms with van der Waals surface area (Å²) >= 11 is 0. The first-order chi connectivity index (χ1) is 4.33. The summed E-state index contributed by atoms with van der Waals surface area (Å²) in [6.07, 6.45) is 0.949. The summed E-state index contributed by atoms with van der Waals surface area (Å²) < 4.78 is 0. The molecule has 0 aliphatic carbocycles. The van der Waals surface area contributed by atoms with Crippen LogP contribution in [0.3, 0.4) is 0 Å². The summed E-state index contributed by atoms with van der Waals surface area (Å²) in [4.78, 5) is 0. The lowest BCUT2D eigenvalue weighted by atomic mass is 10.2. The van der Waals surface area contributed by atoms with Gasteiger partial charge in [0.15, 0.2) is 0 Å². The van der Waals surface area contributed by atoms with Crippen molar-refractivity contribution < 1.29 is 0 Å². The second-order valence-corrected chi connectivity index (χ2v) is 1.91. The third-order valence-electron chi connectivity index (χ3n) is 1.10. The summed E-state index contributed by atoms with van der Waals surface area (Å²) in [5, 5.41) is 9.19. The Kier molecular flexibility index (Phi) is 1.69. The van der Waals surface area contributed by atoms with Gasteiger partial charge in [-0.05, 0) is 12.3 Å². The minimum atomic E-state index is 0.126. The molecule has 0 N–H and O–H groups in total. The van der Waals surface area contributed by atoms with E-state index in [4.69, 9.17) is 0 Å². The van der Waals surface area contributed by atoms with E-state index in [1.807, 2.05) is 6.92 Å². The molecule has 0 radical (unpaired) electrons. The van der Waals surface area contributed by atoms with Crippen LogP contribution in [0, 0.1) is 12.0 Å². The molecule has 0 amide bonds. The van der Waals surface area contributed by atoms with E-state index in [0.29, 0.717) is 0 Å². The number of hydrogen-bond acceptors (Lipinski definition) is 3. The Morgan fingerprint density at radius 2 is 2.44 bits per heavy atom. The van der Waals surface area contributed by atoms with Crippen LogP contribution < -0.4 is 0 Å². The highest BCUT2D eigenvalue weighted by molar-refractivity contribution is 5.07. The molecule has 0 saturated carbocycles. The molecule has 0 saturated heterocycles. The van der Waals surface area contributed by atoms with Crippen LogP contribution in [0.4, 0.5) is 0 Å². The second-order valence-electron chi connectivity index (χ2n) is 1.91. The van der Waals surface area contributed by atoms with Crippen molar-refractivity contribution in [3.63, 3.8) is 0 Å². The summed E-state index contributed by atoms with van der Waals surface area (Å²) in [6.45, 7) is 2.05. The molecule has 0 spiro atoms. The maximum Gasteiger partial charge on any atom is 0.135 e. The van der Waals surface area contributed by atoms with E-state index < -0.39 is 0 Å². The molecular formula is C6H9N3. The normalized spacial score (nSPS) is 23.3. The smallest absolute Gasteiger partial charge is 0.135 e. The van der Waals surface area contributed by atoms with E-state index in [0.717, 1.165) is 6.42 Å². The van der Waals surface area contributed by atoms with E-state index >= 15 is 0 Å². The van der Waals surface area contributed by atoms with Gasteiger partial charge in [0.2, 0.25) is 0 Å². The molecule has 0 aromatic rings. The lowest BCUT2D eigenvalue weighted by molar-refractivity contribution is 0.446. The molecule has 48 valence electrons.